The molecule has 0 aliphatic heterocycles. The summed E-state index contributed by atoms with van der Waals surface area (Å²) in [7, 11) is -4.10. The van der Waals surface area contributed by atoms with Crippen molar-refractivity contribution in [2.24, 2.45) is 5.92 Å². The molecule has 1 aliphatic rings. The normalized spacial score (nSPS) is 21.7. The van der Waals surface area contributed by atoms with E-state index in [1.54, 1.807) is 19.1 Å². The molecule has 2 atom stereocenters. The maximum Gasteiger partial charge on any atom is 0.274 e. The number of allylic oxidation sites excluding steroid dienone is 3. The first-order valence-corrected chi connectivity index (χ1v) is 14.1. The number of rotatable bonds is 18. The van der Waals surface area contributed by atoms with Gasteiger partial charge in [0.2, 0.25) is 0 Å². The molecule has 0 saturated heterocycles. The molecule has 0 aromatic carbocycles. The van der Waals surface area contributed by atoms with Crippen molar-refractivity contribution in [1.82, 2.24) is 0 Å². The summed E-state index contributed by atoms with van der Waals surface area (Å²) in [6.07, 6.45) is 27.7. The van der Waals surface area contributed by atoms with Gasteiger partial charge >= 0.3 is 0 Å². The average molecular weight is 441 g/mol. The number of unbranched alkanes of at least 4 members (excludes halogenated alkanes) is 15. The first kappa shape index (κ1) is 27.4. The summed E-state index contributed by atoms with van der Waals surface area (Å²) in [5, 5.41) is 0. The molecule has 0 heterocycles. The highest BCUT2D eigenvalue weighted by Crippen LogP contribution is 2.36. The van der Waals surface area contributed by atoms with Gasteiger partial charge in [-0.15, -0.1) is 0 Å². The Bertz CT molecular complexity index is 606. The summed E-state index contributed by atoms with van der Waals surface area (Å²) >= 11 is 0. The van der Waals surface area contributed by atoms with Crippen molar-refractivity contribution in [2.75, 3.05) is 0 Å². The first-order chi connectivity index (χ1) is 14.3. The molecule has 0 bridgehead atoms. The maximum absolute atomic E-state index is 11.9. The van der Waals surface area contributed by atoms with Gasteiger partial charge in [0.05, 0.1) is 0 Å². The highest BCUT2D eigenvalue weighted by Gasteiger charge is 2.43. The lowest BCUT2D eigenvalue weighted by Gasteiger charge is -2.33. The Morgan fingerprint density at radius 1 is 0.800 bits per heavy atom. The molecule has 4 heteroatoms. The van der Waals surface area contributed by atoms with E-state index >= 15 is 0 Å². The van der Waals surface area contributed by atoms with E-state index in [1.165, 1.54) is 89.9 Å². The molecule has 0 radical (unpaired) electrons. The van der Waals surface area contributed by atoms with Gasteiger partial charge in [-0.3, -0.25) is 4.55 Å². The van der Waals surface area contributed by atoms with E-state index in [-0.39, 0.29) is 5.92 Å². The minimum atomic E-state index is -4.10. The Morgan fingerprint density at radius 2 is 1.20 bits per heavy atom. The zero-order chi connectivity index (χ0) is 22.3. The topological polar surface area (TPSA) is 54.4 Å². The molecule has 0 aromatic heterocycles. The molecule has 0 amide bonds. The third-order valence-corrected chi connectivity index (χ3v) is 8.35. The monoisotopic (exact) mass is 440 g/mol. The van der Waals surface area contributed by atoms with E-state index in [1.807, 2.05) is 13.0 Å². The molecule has 0 saturated carbocycles. The fourth-order valence-corrected chi connectivity index (χ4v) is 5.33. The Labute approximate surface area is 187 Å². The summed E-state index contributed by atoms with van der Waals surface area (Å²) in [5.41, 5.74) is 1.08. The molecule has 1 rings (SSSR count). The number of hydrogen-bond acceptors (Lipinski definition) is 2. The summed E-state index contributed by atoms with van der Waals surface area (Å²) in [6, 6.07) is 0. The molecule has 2 unspecified atom stereocenters. The Balaban J connectivity index is 2.00. The van der Waals surface area contributed by atoms with E-state index in [0.29, 0.717) is 0 Å². The zero-order valence-corrected chi connectivity index (χ0v) is 20.8. The molecular formula is C26H48O3S. The summed E-state index contributed by atoms with van der Waals surface area (Å²) in [5.74, 6) is -0.135. The van der Waals surface area contributed by atoms with Crippen LogP contribution in [0.1, 0.15) is 130 Å². The van der Waals surface area contributed by atoms with Crippen LogP contribution < -0.4 is 0 Å². The average Bonchev–Trinajstić information content (AvgIpc) is 2.69. The molecular weight excluding hydrogens is 392 g/mol. The third-order valence-electron chi connectivity index (χ3n) is 6.80. The molecule has 0 fully saturated rings. The lowest BCUT2D eigenvalue weighted by Crippen LogP contribution is -2.41. The van der Waals surface area contributed by atoms with E-state index < -0.39 is 14.9 Å². The largest absolute Gasteiger partial charge is 0.285 e. The molecule has 0 spiro atoms. The van der Waals surface area contributed by atoms with E-state index in [2.05, 4.69) is 6.92 Å². The second-order valence-electron chi connectivity index (χ2n) is 9.60. The lowest BCUT2D eigenvalue weighted by atomic mass is 9.83. The van der Waals surface area contributed by atoms with Gasteiger partial charge in [0.25, 0.3) is 10.1 Å². The third kappa shape index (κ3) is 10.6. The Hall–Kier alpha value is -0.610. The van der Waals surface area contributed by atoms with Crippen LogP contribution in [0.4, 0.5) is 0 Å². The fraction of sp³-hybridized carbons (Fsp3) is 0.846. The Morgan fingerprint density at radius 3 is 1.60 bits per heavy atom. The van der Waals surface area contributed by atoms with Crippen molar-refractivity contribution in [3.63, 3.8) is 0 Å². The fourth-order valence-electron chi connectivity index (χ4n) is 4.52. The predicted molar refractivity (Wildman–Crippen MR) is 131 cm³/mol. The van der Waals surface area contributed by atoms with Gasteiger partial charge in [0, 0.05) is 5.92 Å². The van der Waals surface area contributed by atoms with Crippen molar-refractivity contribution in [3.05, 3.63) is 23.8 Å². The minimum Gasteiger partial charge on any atom is -0.285 e. The highest BCUT2D eigenvalue weighted by atomic mass is 32.2. The van der Waals surface area contributed by atoms with Crippen molar-refractivity contribution in [2.45, 2.75) is 135 Å². The second kappa shape index (κ2) is 15.2. The quantitative estimate of drug-likeness (QED) is 0.172. The van der Waals surface area contributed by atoms with Gasteiger partial charge in [-0.2, -0.15) is 8.42 Å². The van der Waals surface area contributed by atoms with Crippen LogP contribution in [-0.2, 0) is 10.1 Å². The van der Waals surface area contributed by atoms with Crippen molar-refractivity contribution < 1.29 is 13.0 Å². The highest BCUT2D eigenvalue weighted by molar-refractivity contribution is 7.87. The summed E-state index contributed by atoms with van der Waals surface area (Å²) in [4.78, 5) is 0. The summed E-state index contributed by atoms with van der Waals surface area (Å²) in [6.45, 7) is 5.90. The van der Waals surface area contributed by atoms with Crippen molar-refractivity contribution >= 4 is 10.1 Å². The van der Waals surface area contributed by atoms with Gasteiger partial charge < -0.3 is 0 Å². The van der Waals surface area contributed by atoms with Crippen LogP contribution in [0.5, 0.6) is 0 Å². The van der Waals surface area contributed by atoms with Crippen LogP contribution in [-0.4, -0.2) is 17.7 Å². The van der Waals surface area contributed by atoms with Gasteiger partial charge in [-0.25, -0.2) is 0 Å². The maximum atomic E-state index is 11.9. The lowest BCUT2D eigenvalue weighted by molar-refractivity contribution is 0.394. The SMILES string of the molecule is CCCCCCCCCCCCCCCCCCC1C=C(C)C=CC1(C)S(=O)(=O)O. The van der Waals surface area contributed by atoms with Crippen LogP contribution >= 0.6 is 0 Å². The van der Waals surface area contributed by atoms with Crippen LogP contribution in [0, 0.1) is 5.92 Å². The molecule has 30 heavy (non-hydrogen) atoms. The van der Waals surface area contributed by atoms with Crippen molar-refractivity contribution in [1.29, 1.82) is 0 Å². The van der Waals surface area contributed by atoms with E-state index in [4.69, 9.17) is 0 Å². The van der Waals surface area contributed by atoms with E-state index in [0.717, 1.165) is 24.8 Å². The van der Waals surface area contributed by atoms with Crippen molar-refractivity contribution in [3.8, 4) is 0 Å². The molecule has 1 aliphatic carbocycles. The van der Waals surface area contributed by atoms with Gasteiger partial charge in [-0.05, 0) is 20.3 Å². The molecule has 0 aromatic rings. The Kier molecular flexibility index (Phi) is 13.9. The van der Waals surface area contributed by atoms with Gasteiger partial charge in [0.1, 0.15) is 4.75 Å². The smallest absolute Gasteiger partial charge is 0.274 e. The van der Waals surface area contributed by atoms with E-state index in [9.17, 15) is 13.0 Å². The molecule has 1 N–H and O–H groups in total. The molecule has 3 nitrogen and oxygen atoms in total. The summed E-state index contributed by atoms with van der Waals surface area (Å²) < 4.78 is 32.3. The van der Waals surface area contributed by atoms with Gasteiger partial charge in [-0.1, -0.05) is 133 Å². The zero-order valence-electron chi connectivity index (χ0n) is 20.0. The second-order valence-corrected chi connectivity index (χ2v) is 11.4. The predicted octanol–water partition coefficient (Wildman–Crippen LogP) is 8.42. The van der Waals surface area contributed by atoms with Gasteiger partial charge in [0.15, 0.2) is 0 Å². The molecule has 176 valence electrons. The minimum absolute atomic E-state index is 0.135. The first-order valence-electron chi connectivity index (χ1n) is 12.7. The van der Waals surface area contributed by atoms with Crippen LogP contribution in [0.25, 0.3) is 0 Å². The standard InChI is InChI=1S/C26H48O3S/c1-4-5-6-7-8-9-10-11-12-13-14-15-16-17-18-19-20-25-23-24(2)21-22-26(25,3)30(27,28)29/h21-23,25H,4-20H2,1-3H3,(H,27,28,29). The van der Waals surface area contributed by atoms with Crippen LogP contribution in [0.3, 0.4) is 0 Å². The number of hydrogen-bond donors (Lipinski definition) is 1. The van der Waals surface area contributed by atoms with Crippen LogP contribution in [0.2, 0.25) is 0 Å². The van der Waals surface area contributed by atoms with Crippen LogP contribution in [0.15, 0.2) is 23.8 Å².